The number of halogens is 6. The first-order valence-corrected chi connectivity index (χ1v) is 8.05. The third-order valence-corrected chi connectivity index (χ3v) is 2.64. The predicted octanol–water partition coefficient (Wildman–Crippen LogP) is 5.84. The van der Waals surface area contributed by atoms with Gasteiger partial charge >= 0.3 is 33.0 Å². The zero-order chi connectivity index (χ0) is 16.4. The molecule has 0 aliphatic heterocycles. The van der Waals surface area contributed by atoms with Gasteiger partial charge in [0.25, 0.3) is 0 Å². The Balaban J connectivity index is 0.000000441. The van der Waals surface area contributed by atoms with Crippen LogP contribution in [0.25, 0.3) is 0 Å². The summed E-state index contributed by atoms with van der Waals surface area (Å²) in [7, 11) is -10.7. The van der Waals surface area contributed by atoms with Gasteiger partial charge in [-0.3, -0.25) is 0 Å². The summed E-state index contributed by atoms with van der Waals surface area (Å²) in [6, 6.07) is 4.03. The molecule has 0 N–H and O–H groups in total. The van der Waals surface area contributed by atoms with Gasteiger partial charge in [-0.1, -0.05) is 0 Å². The van der Waals surface area contributed by atoms with E-state index in [9.17, 15) is 25.2 Å². The monoisotopic (exact) mass is 342 g/mol. The second kappa shape index (κ2) is 5.30. The summed E-state index contributed by atoms with van der Waals surface area (Å²) in [5.41, 5.74) is 2.45. The van der Waals surface area contributed by atoms with Crippen LogP contribution in [0.15, 0.2) is 17.0 Å². The van der Waals surface area contributed by atoms with Crippen LogP contribution in [0, 0.1) is 13.8 Å². The molecule has 0 aromatic heterocycles. The van der Waals surface area contributed by atoms with Crippen molar-refractivity contribution in [3.8, 4) is 5.75 Å². The first-order valence-electron chi connectivity index (χ1n) is 5.52. The Hall–Kier alpha value is -0.620. The molecule has 0 radical (unpaired) electrons. The normalized spacial score (nSPS) is 15.0. The van der Waals surface area contributed by atoms with E-state index in [0.29, 0.717) is 0 Å². The summed E-state index contributed by atoms with van der Waals surface area (Å²) >= 11 is 3.54. The molecule has 1 aromatic rings. The van der Waals surface area contributed by atoms with Crippen molar-refractivity contribution < 1.29 is 29.9 Å². The molecule has 0 saturated heterocycles. The van der Waals surface area contributed by atoms with Gasteiger partial charge in [-0.15, -0.1) is 0 Å². The van der Waals surface area contributed by atoms with Gasteiger partial charge in [0, 0.05) is 5.56 Å². The van der Waals surface area contributed by atoms with Crippen LogP contribution in [0.1, 0.15) is 25.0 Å². The quantitative estimate of drug-likeness (QED) is 0.372. The van der Waals surface area contributed by atoms with E-state index in [-0.39, 0.29) is 6.10 Å². The van der Waals surface area contributed by atoms with E-state index in [0.717, 1.165) is 10.6 Å². The van der Waals surface area contributed by atoms with Crippen molar-refractivity contribution in [2.75, 3.05) is 0 Å². The topological polar surface area (TPSA) is 9.23 Å². The van der Waals surface area contributed by atoms with Gasteiger partial charge in [0.05, 0.1) is 6.10 Å². The Kier molecular flexibility index (Phi) is 5.13. The van der Waals surface area contributed by atoms with Crippen molar-refractivity contribution in [1.29, 1.82) is 0 Å². The SMILES string of the molecule is Cc1c([SH2+])ccc(OC(C)C)c1C.F[P-](F)(F)(F)(F)F. The van der Waals surface area contributed by atoms with Gasteiger partial charge in [0.15, 0.2) is 4.90 Å². The summed E-state index contributed by atoms with van der Waals surface area (Å²) in [4.78, 5) is 1.13. The molecular weight excluding hydrogens is 325 g/mol. The Bertz CT molecular complexity index is 471. The second-order valence-corrected chi connectivity index (χ2v) is 6.94. The van der Waals surface area contributed by atoms with E-state index in [4.69, 9.17) is 4.74 Å². The molecule has 9 heteroatoms. The van der Waals surface area contributed by atoms with E-state index in [1.54, 1.807) is 0 Å². The number of rotatable bonds is 2. The van der Waals surface area contributed by atoms with Crippen molar-refractivity contribution in [2.45, 2.75) is 38.7 Å². The molecule has 1 nitrogen and oxygen atoms in total. The third-order valence-electron chi connectivity index (χ3n) is 2.10. The van der Waals surface area contributed by atoms with Crippen LogP contribution in [0.2, 0.25) is 0 Å². The van der Waals surface area contributed by atoms with Gasteiger partial charge < -0.3 is 4.74 Å². The van der Waals surface area contributed by atoms with Gasteiger partial charge in [-0.05, 0) is 58.0 Å². The first kappa shape index (κ1) is 19.4. The van der Waals surface area contributed by atoms with Crippen LogP contribution in [-0.2, 0) is 12.6 Å². The molecule has 0 atom stereocenters. The molecule has 0 heterocycles. The molecule has 120 valence electrons. The Morgan fingerprint density at radius 3 is 1.70 bits per heavy atom. The zero-order valence-corrected chi connectivity index (χ0v) is 13.2. The van der Waals surface area contributed by atoms with E-state index in [1.807, 2.05) is 26.0 Å². The van der Waals surface area contributed by atoms with Crippen LogP contribution < -0.4 is 4.74 Å². The minimum absolute atomic E-state index is 0.235. The van der Waals surface area contributed by atoms with Gasteiger partial charge in [0.1, 0.15) is 5.75 Å². The molecule has 0 aliphatic carbocycles. The molecule has 1 aromatic carbocycles. The van der Waals surface area contributed by atoms with E-state index in [2.05, 4.69) is 26.5 Å². The molecule has 0 amide bonds. The molecule has 20 heavy (non-hydrogen) atoms. The standard InChI is InChI=1S/C11H16OS.F6P/c1-7(2)12-10-5-6-11(13)9(4)8(10)3;1-7(2,3,4,5)6/h5-7,13H,1-4H3;/q;-1/p+1. The van der Waals surface area contributed by atoms with E-state index >= 15 is 0 Å². The van der Waals surface area contributed by atoms with Gasteiger partial charge in [0.2, 0.25) is 0 Å². The number of hydrogen-bond acceptors (Lipinski definition) is 1. The minimum atomic E-state index is -10.7. The molecule has 0 unspecified atom stereocenters. The third kappa shape index (κ3) is 11.2. The van der Waals surface area contributed by atoms with Crippen LogP contribution in [0.5, 0.6) is 5.75 Å². The maximum absolute atomic E-state index is 10.7. The average Bonchev–Trinajstić information content (AvgIpc) is 2.14. The summed E-state index contributed by atoms with van der Waals surface area (Å²) in [6.07, 6.45) is 0.235. The fourth-order valence-electron chi connectivity index (χ4n) is 1.18. The van der Waals surface area contributed by atoms with E-state index < -0.39 is 7.81 Å². The predicted molar refractivity (Wildman–Crippen MR) is 73.7 cm³/mol. The number of ether oxygens (including phenoxy) is 1. The Morgan fingerprint density at radius 1 is 0.950 bits per heavy atom. The van der Waals surface area contributed by atoms with Crippen molar-refractivity contribution >= 4 is 20.4 Å². The molecule has 0 fully saturated rings. The summed E-state index contributed by atoms with van der Waals surface area (Å²) in [5, 5.41) is 0. The molecule has 1 rings (SSSR count). The summed E-state index contributed by atoms with van der Waals surface area (Å²) < 4.78 is 64.9. The maximum atomic E-state index is 9.87. The molecule has 0 bridgehead atoms. The molecule has 0 spiro atoms. The van der Waals surface area contributed by atoms with E-state index in [1.165, 1.54) is 11.1 Å². The zero-order valence-electron chi connectivity index (χ0n) is 11.4. The molecular formula is C11H17F6OPS. The van der Waals surface area contributed by atoms with Crippen LogP contribution in [0.3, 0.4) is 0 Å². The van der Waals surface area contributed by atoms with Crippen molar-refractivity contribution in [2.24, 2.45) is 0 Å². The van der Waals surface area contributed by atoms with Gasteiger partial charge in [-0.25, -0.2) is 0 Å². The number of benzene rings is 1. The van der Waals surface area contributed by atoms with Gasteiger partial charge in [-0.2, -0.15) is 0 Å². The van der Waals surface area contributed by atoms with Crippen LogP contribution in [-0.4, -0.2) is 6.10 Å². The average molecular weight is 342 g/mol. The molecule has 0 saturated carbocycles. The van der Waals surface area contributed by atoms with Crippen molar-refractivity contribution in [3.63, 3.8) is 0 Å². The second-order valence-electron chi connectivity index (χ2n) is 4.49. The summed E-state index contributed by atoms with van der Waals surface area (Å²) in [5.74, 6) is 0.981. The Morgan fingerprint density at radius 2 is 1.35 bits per heavy atom. The molecule has 0 aliphatic rings. The van der Waals surface area contributed by atoms with Crippen molar-refractivity contribution in [1.82, 2.24) is 0 Å². The fourth-order valence-corrected chi connectivity index (χ4v) is 1.45. The van der Waals surface area contributed by atoms with Crippen LogP contribution in [0.4, 0.5) is 25.2 Å². The number of hydrogen-bond donors (Lipinski definition) is 0. The summed E-state index contributed by atoms with van der Waals surface area (Å²) in [6.45, 7) is 8.24. The van der Waals surface area contributed by atoms with Crippen LogP contribution >= 0.6 is 7.81 Å². The Labute approximate surface area is 119 Å². The van der Waals surface area contributed by atoms with Crippen molar-refractivity contribution in [3.05, 3.63) is 23.3 Å². The fraction of sp³-hybridized carbons (Fsp3) is 0.455. The first-order chi connectivity index (χ1) is 8.47.